The van der Waals surface area contributed by atoms with Crippen molar-refractivity contribution in [2.24, 2.45) is 10.9 Å². The van der Waals surface area contributed by atoms with Crippen molar-refractivity contribution in [3.8, 4) is 0 Å². The quantitative estimate of drug-likeness (QED) is 0.783. The molecule has 1 aliphatic carbocycles. The van der Waals surface area contributed by atoms with E-state index >= 15 is 0 Å². The van der Waals surface area contributed by atoms with Gasteiger partial charge in [-0.25, -0.2) is 0 Å². The molecule has 0 unspecified atom stereocenters. The zero-order valence-electron chi connectivity index (χ0n) is 17.1. The summed E-state index contributed by atoms with van der Waals surface area (Å²) in [7, 11) is 0. The van der Waals surface area contributed by atoms with E-state index in [0.29, 0.717) is 23.2 Å². The van der Waals surface area contributed by atoms with Crippen LogP contribution in [0.4, 0.5) is 0 Å². The first-order valence-electron chi connectivity index (χ1n) is 10.5. The topological polar surface area (TPSA) is 61.8 Å². The van der Waals surface area contributed by atoms with Gasteiger partial charge in [0.2, 0.25) is 5.91 Å². The van der Waals surface area contributed by atoms with Crippen LogP contribution in [0.3, 0.4) is 0 Å². The average molecular weight is 424 g/mol. The van der Waals surface area contributed by atoms with Gasteiger partial charge in [0, 0.05) is 17.1 Å². The molecule has 0 radical (unpaired) electrons. The first-order chi connectivity index (χ1) is 14.5. The molecule has 0 bridgehead atoms. The molecule has 6 heteroatoms. The maximum Gasteiger partial charge on any atom is 0.275 e. The van der Waals surface area contributed by atoms with Crippen LogP contribution in [0.1, 0.15) is 43.7 Å². The lowest BCUT2D eigenvalue weighted by molar-refractivity contribution is -0.136. The minimum absolute atomic E-state index is 0.0145. The van der Waals surface area contributed by atoms with Crippen LogP contribution >= 0.6 is 11.6 Å². The molecule has 1 fully saturated rings. The Hall–Kier alpha value is -2.66. The molecule has 1 spiro atoms. The van der Waals surface area contributed by atoms with Gasteiger partial charge in [-0.1, -0.05) is 61.0 Å². The first-order valence-corrected chi connectivity index (χ1v) is 10.8. The second kappa shape index (κ2) is 8.60. The maximum absolute atomic E-state index is 13.3. The van der Waals surface area contributed by atoms with Gasteiger partial charge in [0.05, 0.1) is 0 Å². The predicted octanol–water partition coefficient (Wildman–Crippen LogP) is 4.19. The summed E-state index contributed by atoms with van der Waals surface area (Å²) in [5.41, 5.74) is 1.63. The molecule has 156 valence electrons. The van der Waals surface area contributed by atoms with E-state index in [2.05, 4.69) is 12.2 Å². The van der Waals surface area contributed by atoms with Crippen LogP contribution < -0.4 is 5.32 Å². The van der Waals surface area contributed by atoms with Gasteiger partial charge in [0.1, 0.15) is 17.9 Å². The fourth-order valence-corrected chi connectivity index (χ4v) is 4.37. The number of carbonyl (C=O) groups excluding carboxylic acids is 2. The van der Waals surface area contributed by atoms with Crippen molar-refractivity contribution in [2.75, 3.05) is 6.54 Å². The Kier molecular flexibility index (Phi) is 5.91. The normalized spacial score (nSPS) is 23.5. The molecule has 30 heavy (non-hydrogen) atoms. The number of carbonyl (C=O) groups is 2. The zero-order chi connectivity index (χ0) is 21.1. The zero-order valence-corrected chi connectivity index (χ0v) is 17.9. The standard InChI is InChI=1S/C24H26ClN3O2/c1-17-11-13-24(14-12-17)27-22(19-5-3-2-4-6-19)23(30)28(24)16-21(29)26-15-18-7-9-20(25)10-8-18/h2-10,17H,11-16H2,1H3,(H,26,29). The Morgan fingerprint density at radius 3 is 2.47 bits per heavy atom. The van der Waals surface area contributed by atoms with Gasteiger partial charge < -0.3 is 10.2 Å². The minimum Gasteiger partial charge on any atom is -0.350 e. The lowest BCUT2D eigenvalue weighted by Crippen LogP contribution is -2.52. The number of halogens is 1. The van der Waals surface area contributed by atoms with E-state index in [9.17, 15) is 9.59 Å². The first kappa shape index (κ1) is 20.6. The molecule has 2 amide bonds. The van der Waals surface area contributed by atoms with Gasteiger partial charge in [0.25, 0.3) is 5.91 Å². The largest absolute Gasteiger partial charge is 0.350 e. The Bertz CT molecular complexity index is 948. The van der Waals surface area contributed by atoms with Gasteiger partial charge >= 0.3 is 0 Å². The predicted molar refractivity (Wildman–Crippen MR) is 118 cm³/mol. The SMILES string of the molecule is CC1CCC2(CC1)N=C(c1ccccc1)C(=O)N2CC(=O)NCc1ccc(Cl)cc1. The fourth-order valence-electron chi connectivity index (χ4n) is 4.24. The molecular formula is C24H26ClN3O2. The Morgan fingerprint density at radius 2 is 1.80 bits per heavy atom. The highest BCUT2D eigenvalue weighted by Crippen LogP contribution is 2.41. The molecule has 2 aromatic carbocycles. The van der Waals surface area contributed by atoms with Crippen LogP contribution in [-0.2, 0) is 16.1 Å². The number of hydrogen-bond donors (Lipinski definition) is 1. The van der Waals surface area contributed by atoms with E-state index in [0.717, 1.165) is 36.8 Å². The highest BCUT2D eigenvalue weighted by molar-refractivity contribution is 6.47. The third-order valence-corrected chi connectivity index (χ3v) is 6.35. The molecule has 2 aliphatic rings. The van der Waals surface area contributed by atoms with Gasteiger partial charge in [-0.3, -0.25) is 14.6 Å². The average Bonchev–Trinajstić information content (AvgIpc) is 3.02. The number of amides is 2. The highest BCUT2D eigenvalue weighted by atomic mass is 35.5. The summed E-state index contributed by atoms with van der Waals surface area (Å²) >= 11 is 5.92. The van der Waals surface area contributed by atoms with Crippen LogP contribution in [0, 0.1) is 5.92 Å². The number of nitrogens with zero attached hydrogens (tertiary/aromatic N) is 2. The van der Waals surface area contributed by atoms with Crippen molar-refractivity contribution in [3.63, 3.8) is 0 Å². The van der Waals surface area contributed by atoms with Gasteiger partial charge in [0.15, 0.2) is 0 Å². The monoisotopic (exact) mass is 423 g/mol. The van der Waals surface area contributed by atoms with E-state index in [-0.39, 0.29) is 18.4 Å². The summed E-state index contributed by atoms with van der Waals surface area (Å²) in [4.78, 5) is 32.7. The molecule has 4 rings (SSSR count). The summed E-state index contributed by atoms with van der Waals surface area (Å²) in [6.45, 7) is 2.64. The molecule has 1 N–H and O–H groups in total. The summed E-state index contributed by atoms with van der Waals surface area (Å²) in [6, 6.07) is 16.9. The lowest BCUT2D eigenvalue weighted by atomic mass is 9.82. The van der Waals surface area contributed by atoms with Gasteiger partial charge in [-0.2, -0.15) is 0 Å². The summed E-state index contributed by atoms with van der Waals surface area (Å²) in [5, 5.41) is 3.58. The van der Waals surface area contributed by atoms with Crippen molar-refractivity contribution < 1.29 is 9.59 Å². The Labute approximate surface area is 182 Å². The number of aliphatic imine (C=N–C) groups is 1. The van der Waals surface area contributed by atoms with Crippen molar-refractivity contribution in [2.45, 2.75) is 44.8 Å². The van der Waals surface area contributed by atoms with Crippen LogP contribution in [0.2, 0.25) is 5.02 Å². The van der Waals surface area contributed by atoms with Crippen LogP contribution in [0.25, 0.3) is 0 Å². The lowest BCUT2D eigenvalue weighted by Gasteiger charge is -2.40. The summed E-state index contributed by atoms with van der Waals surface area (Å²) < 4.78 is 0. The third-order valence-electron chi connectivity index (χ3n) is 6.10. The van der Waals surface area contributed by atoms with E-state index in [4.69, 9.17) is 16.6 Å². The van der Waals surface area contributed by atoms with Crippen molar-refractivity contribution in [1.29, 1.82) is 0 Å². The van der Waals surface area contributed by atoms with Crippen molar-refractivity contribution >= 4 is 29.1 Å². The molecule has 2 aromatic rings. The van der Waals surface area contributed by atoms with Crippen LogP contribution in [0.15, 0.2) is 59.6 Å². The van der Waals surface area contributed by atoms with E-state index in [1.54, 1.807) is 17.0 Å². The molecule has 0 aromatic heterocycles. The van der Waals surface area contributed by atoms with Crippen LogP contribution in [-0.4, -0.2) is 34.6 Å². The second-order valence-electron chi connectivity index (χ2n) is 8.29. The number of rotatable bonds is 5. The molecular weight excluding hydrogens is 398 g/mol. The summed E-state index contributed by atoms with van der Waals surface area (Å²) in [6.07, 6.45) is 3.59. The van der Waals surface area contributed by atoms with Crippen molar-refractivity contribution in [1.82, 2.24) is 10.2 Å². The highest BCUT2D eigenvalue weighted by Gasteiger charge is 2.49. The Morgan fingerprint density at radius 1 is 1.13 bits per heavy atom. The van der Waals surface area contributed by atoms with Gasteiger partial charge in [-0.05, 0) is 49.3 Å². The molecule has 1 saturated carbocycles. The number of hydrogen-bond acceptors (Lipinski definition) is 3. The minimum atomic E-state index is -0.605. The summed E-state index contributed by atoms with van der Waals surface area (Å²) in [5.74, 6) is 0.278. The molecule has 0 saturated heterocycles. The maximum atomic E-state index is 13.3. The number of nitrogens with one attached hydrogen (secondary N) is 1. The van der Waals surface area contributed by atoms with Crippen molar-refractivity contribution in [3.05, 3.63) is 70.7 Å². The molecule has 0 atom stereocenters. The van der Waals surface area contributed by atoms with Gasteiger partial charge in [-0.15, -0.1) is 0 Å². The van der Waals surface area contributed by atoms with E-state index in [1.807, 2.05) is 42.5 Å². The molecule has 5 nitrogen and oxygen atoms in total. The third kappa shape index (κ3) is 4.26. The smallest absolute Gasteiger partial charge is 0.275 e. The second-order valence-corrected chi connectivity index (χ2v) is 8.72. The number of benzene rings is 2. The Balaban J connectivity index is 1.51. The van der Waals surface area contributed by atoms with E-state index < -0.39 is 5.66 Å². The molecule has 1 aliphatic heterocycles. The fraction of sp³-hybridized carbons (Fsp3) is 0.375. The molecule has 1 heterocycles. The van der Waals surface area contributed by atoms with Crippen LogP contribution in [0.5, 0.6) is 0 Å². The van der Waals surface area contributed by atoms with E-state index in [1.165, 1.54) is 0 Å².